The summed E-state index contributed by atoms with van der Waals surface area (Å²) in [7, 11) is 3.88. The molecule has 1 aromatic heterocycles. The van der Waals surface area contributed by atoms with Crippen LogP contribution in [0, 0.1) is 0 Å². The maximum absolute atomic E-state index is 4.99. The van der Waals surface area contributed by atoms with Crippen molar-refractivity contribution in [1.82, 2.24) is 10.3 Å². The van der Waals surface area contributed by atoms with E-state index in [-0.39, 0.29) is 0 Å². The van der Waals surface area contributed by atoms with E-state index in [9.17, 15) is 0 Å². The maximum Gasteiger partial charge on any atom is 0.185 e. The van der Waals surface area contributed by atoms with Crippen molar-refractivity contribution in [3.8, 4) is 0 Å². The highest BCUT2D eigenvalue weighted by atomic mass is 32.1. The molecular formula is C12H21N3OS. The van der Waals surface area contributed by atoms with Crippen molar-refractivity contribution < 1.29 is 4.74 Å². The smallest absolute Gasteiger partial charge is 0.185 e. The molecule has 1 aromatic rings. The van der Waals surface area contributed by atoms with Crippen LogP contribution in [0.4, 0.5) is 5.13 Å². The number of hydrogen-bond acceptors (Lipinski definition) is 5. The molecule has 1 saturated carbocycles. The highest BCUT2D eigenvalue weighted by Crippen LogP contribution is 2.29. The minimum absolute atomic E-state index is 0.718. The van der Waals surface area contributed by atoms with Crippen LogP contribution < -0.4 is 10.2 Å². The molecule has 17 heavy (non-hydrogen) atoms. The van der Waals surface area contributed by atoms with Gasteiger partial charge in [-0.15, -0.1) is 11.3 Å². The summed E-state index contributed by atoms with van der Waals surface area (Å²) >= 11 is 1.74. The van der Waals surface area contributed by atoms with Crippen LogP contribution in [0.5, 0.6) is 0 Å². The Kier molecular flexibility index (Phi) is 4.76. The molecule has 1 aliphatic carbocycles. The van der Waals surface area contributed by atoms with Gasteiger partial charge in [-0.05, 0) is 19.3 Å². The lowest BCUT2D eigenvalue weighted by molar-refractivity contribution is 0.199. The molecule has 0 aromatic carbocycles. The van der Waals surface area contributed by atoms with Crippen LogP contribution in [0.15, 0.2) is 5.38 Å². The summed E-state index contributed by atoms with van der Waals surface area (Å²) in [6, 6.07) is 0.718. The van der Waals surface area contributed by atoms with Gasteiger partial charge in [0, 0.05) is 38.7 Å². The van der Waals surface area contributed by atoms with E-state index in [1.54, 1.807) is 18.4 Å². The molecule has 0 bridgehead atoms. The number of nitrogens with zero attached hydrogens (tertiary/aromatic N) is 2. The fraction of sp³-hybridized carbons (Fsp3) is 0.750. The molecule has 0 amide bonds. The lowest BCUT2D eigenvalue weighted by atomic mass is 9.92. The van der Waals surface area contributed by atoms with E-state index in [2.05, 4.69) is 27.6 Å². The zero-order chi connectivity index (χ0) is 12.1. The van der Waals surface area contributed by atoms with Gasteiger partial charge in [0.25, 0.3) is 0 Å². The van der Waals surface area contributed by atoms with Crippen molar-refractivity contribution in [3.05, 3.63) is 11.1 Å². The second kappa shape index (κ2) is 6.33. The predicted molar refractivity (Wildman–Crippen MR) is 71.7 cm³/mol. The Morgan fingerprint density at radius 3 is 3.06 bits per heavy atom. The summed E-state index contributed by atoms with van der Waals surface area (Å²) in [5.74, 6) is 0. The second-order valence-corrected chi connectivity index (χ2v) is 5.32. The van der Waals surface area contributed by atoms with Gasteiger partial charge in [-0.1, -0.05) is 0 Å². The molecule has 2 rings (SSSR count). The standard InChI is InChI=1S/C12H21N3OS/c1-15(11-4-3-5-11)12-14-10(9-17-12)8-13-6-7-16-2/h9,11,13H,3-8H2,1-2H3. The highest BCUT2D eigenvalue weighted by Gasteiger charge is 2.23. The van der Waals surface area contributed by atoms with Crippen molar-refractivity contribution in [2.75, 3.05) is 32.2 Å². The maximum atomic E-state index is 4.99. The van der Waals surface area contributed by atoms with Crippen LogP contribution in [-0.2, 0) is 11.3 Å². The summed E-state index contributed by atoms with van der Waals surface area (Å²) in [5.41, 5.74) is 1.13. The molecular weight excluding hydrogens is 234 g/mol. The number of ether oxygens (including phenoxy) is 1. The van der Waals surface area contributed by atoms with Crippen LogP contribution in [0.3, 0.4) is 0 Å². The fourth-order valence-corrected chi connectivity index (χ4v) is 2.72. The molecule has 4 nitrogen and oxygen atoms in total. The van der Waals surface area contributed by atoms with Crippen LogP contribution >= 0.6 is 11.3 Å². The zero-order valence-electron chi connectivity index (χ0n) is 10.6. The van der Waals surface area contributed by atoms with Crippen LogP contribution in [0.25, 0.3) is 0 Å². The van der Waals surface area contributed by atoms with Gasteiger partial charge in [0.1, 0.15) is 0 Å². The molecule has 0 saturated heterocycles. The number of methoxy groups -OCH3 is 1. The van der Waals surface area contributed by atoms with Crippen molar-refractivity contribution in [2.45, 2.75) is 31.8 Å². The number of thiazole rings is 1. The fourth-order valence-electron chi connectivity index (χ4n) is 1.86. The minimum Gasteiger partial charge on any atom is -0.383 e. The van der Waals surface area contributed by atoms with Crippen molar-refractivity contribution >= 4 is 16.5 Å². The molecule has 0 aliphatic heterocycles. The Morgan fingerprint density at radius 1 is 1.59 bits per heavy atom. The highest BCUT2D eigenvalue weighted by molar-refractivity contribution is 7.13. The third-order valence-corrected chi connectivity index (χ3v) is 4.23. The molecule has 0 spiro atoms. The minimum atomic E-state index is 0.718. The van der Waals surface area contributed by atoms with E-state index in [4.69, 9.17) is 4.74 Å². The lowest BCUT2D eigenvalue weighted by Crippen LogP contribution is -2.37. The van der Waals surface area contributed by atoms with E-state index < -0.39 is 0 Å². The van der Waals surface area contributed by atoms with Gasteiger partial charge in [0.05, 0.1) is 12.3 Å². The molecule has 1 N–H and O–H groups in total. The monoisotopic (exact) mass is 255 g/mol. The molecule has 1 fully saturated rings. The Bertz CT molecular complexity index is 338. The number of aromatic nitrogens is 1. The van der Waals surface area contributed by atoms with Gasteiger partial charge in [0.15, 0.2) is 5.13 Å². The summed E-state index contributed by atoms with van der Waals surface area (Å²) in [4.78, 5) is 6.98. The Hall–Kier alpha value is -0.650. The average Bonchev–Trinajstić information content (AvgIpc) is 2.70. The molecule has 96 valence electrons. The molecule has 5 heteroatoms. The third kappa shape index (κ3) is 3.40. The van der Waals surface area contributed by atoms with Crippen LogP contribution in [-0.4, -0.2) is 38.3 Å². The van der Waals surface area contributed by atoms with Gasteiger partial charge in [-0.25, -0.2) is 4.98 Å². The van der Waals surface area contributed by atoms with Gasteiger partial charge < -0.3 is 15.0 Å². The Labute approximate surface area is 107 Å². The first-order valence-corrected chi connectivity index (χ1v) is 7.06. The van der Waals surface area contributed by atoms with Gasteiger partial charge >= 0.3 is 0 Å². The summed E-state index contributed by atoms with van der Waals surface area (Å²) in [6.45, 7) is 2.46. The summed E-state index contributed by atoms with van der Waals surface area (Å²) < 4.78 is 4.99. The quantitative estimate of drug-likeness (QED) is 0.755. The topological polar surface area (TPSA) is 37.4 Å². The molecule has 0 radical (unpaired) electrons. The zero-order valence-corrected chi connectivity index (χ0v) is 11.4. The molecule has 1 heterocycles. The Morgan fingerprint density at radius 2 is 2.41 bits per heavy atom. The van der Waals surface area contributed by atoms with Crippen LogP contribution in [0.1, 0.15) is 25.0 Å². The first-order valence-electron chi connectivity index (χ1n) is 6.18. The summed E-state index contributed by atoms with van der Waals surface area (Å²) in [5, 5.41) is 6.61. The Balaban J connectivity index is 1.78. The van der Waals surface area contributed by atoms with Crippen molar-refractivity contribution in [3.63, 3.8) is 0 Å². The normalized spacial score (nSPS) is 15.9. The first-order chi connectivity index (χ1) is 8.31. The number of nitrogens with one attached hydrogen (secondary N) is 1. The van der Waals surface area contributed by atoms with Crippen molar-refractivity contribution in [2.24, 2.45) is 0 Å². The van der Waals surface area contributed by atoms with E-state index in [0.29, 0.717) is 0 Å². The first kappa shape index (κ1) is 12.8. The molecule has 1 aliphatic rings. The largest absolute Gasteiger partial charge is 0.383 e. The second-order valence-electron chi connectivity index (χ2n) is 4.49. The number of anilines is 1. The van der Waals surface area contributed by atoms with E-state index in [0.717, 1.165) is 36.6 Å². The van der Waals surface area contributed by atoms with Gasteiger partial charge in [-0.2, -0.15) is 0 Å². The van der Waals surface area contributed by atoms with E-state index in [1.165, 1.54) is 19.3 Å². The van der Waals surface area contributed by atoms with Crippen LogP contribution in [0.2, 0.25) is 0 Å². The molecule has 0 unspecified atom stereocenters. The summed E-state index contributed by atoms with van der Waals surface area (Å²) in [6.07, 6.45) is 4.00. The van der Waals surface area contributed by atoms with E-state index >= 15 is 0 Å². The molecule has 0 atom stereocenters. The van der Waals surface area contributed by atoms with Crippen molar-refractivity contribution in [1.29, 1.82) is 0 Å². The third-order valence-electron chi connectivity index (χ3n) is 3.25. The predicted octanol–water partition coefficient (Wildman–Crippen LogP) is 1.87. The van der Waals surface area contributed by atoms with E-state index in [1.807, 2.05) is 0 Å². The van der Waals surface area contributed by atoms with Gasteiger partial charge in [0.2, 0.25) is 0 Å². The SMILES string of the molecule is COCCNCc1csc(N(C)C2CCC2)n1. The average molecular weight is 255 g/mol. The number of hydrogen-bond donors (Lipinski definition) is 1. The van der Waals surface area contributed by atoms with Gasteiger partial charge in [-0.3, -0.25) is 0 Å². The lowest BCUT2D eigenvalue weighted by Gasteiger charge is -2.34. The number of rotatable bonds is 7.